The van der Waals surface area contributed by atoms with Crippen LogP contribution in [0.2, 0.25) is 0 Å². The number of alkyl halides is 3. The molecular formula is C25H29F3N4O3. The van der Waals surface area contributed by atoms with Crippen molar-refractivity contribution in [2.75, 3.05) is 17.2 Å². The molecule has 4 rings (SSSR count). The second-order valence-corrected chi connectivity index (χ2v) is 9.98. The fourth-order valence-electron chi connectivity index (χ4n) is 5.20. The minimum atomic E-state index is -4.75. The number of hydrogen-bond donors (Lipinski definition) is 3. The van der Waals surface area contributed by atoms with Crippen LogP contribution in [0.15, 0.2) is 42.5 Å². The van der Waals surface area contributed by atoms with Crippen LogP contribution in [-0.2, 0) is 4.79 Å². The molecule has 1 heterocycles. The van der Waals surface area contributed by atoms with Gasteiger partial charge in [-0.3, -0.25) is 4.79 Å². The highest BCUT2D eigenvalue weighted by molar-refractivity contribution is 5.94. The van der Waals surface area contributed by atoms with Crippen LogP contribution in [0.1, 0.15) is 46.1 Å². The molecule has 0 saturated heterocycles. The first kappa shape index (κ1) is 24.8. The summed E-state index contributed by atoms with van der Waals surface area (Å²) in [6.45, 7) is 6.12. The highest BCUT2D eigenvalue weighted by Crippen LogP contribution is 2.46. The van der Waals surface area contributed by atoms with Crippen molar-refractivity contribution in [2.24, 2.45) is 11.3 Å². The second-order valence-electron chi connectivity index (χ2n) is 9.98. The Labute approximate surface area is 201 Å². The SMILES string of the molecule is C[C@H]1C[C@@H](n2c(Nc3ccc(OC(F)(F)F)cc3)nc3cc(NC(=O)CO)ccc32)CC(C)(C)C1. The molecule has 2 aromatic carbocycles. The average molecular weight is 491 g/mol. The van der Waals surface area contributed by atoms with E-state index in [0.717, 1.165) is 24.8 Å². The standard InChI is InChI=1S/C25H29F3N4O3/c1-15-10-18(13-24(2,3)12-15)32-21-9-6-17(29-22(34)14-33)11-20(21)31-23(32)30-16-4-7-19(8-5-16)35-25(26,27)28/h4-9,11,15,18,33H,10,12-14H2,1-3H3,(H,29,34)(H,30,31)/t15-,18+/m0/s1. The molecule has 0 aliphatic heterocycles. The highest BCUT2D eigenvalue weighted by atomic mass is 19.4. The number of fused-ring (bicyclic) bond motifs is 1. The highest BCUT2D eigenvalue weighted by Gasteiger charge is 2.35. The van der Waals surface area contributed by atoms with Gasteiger partial charge in [0.1, 0.15) is 12.4 Å². The fraction of sp³-hybridized carbons (Fsp3) is 0.440. The Kier molecular flexibility index (Phi) is 6.68. The van der Waals surface area contributed by atoms with E-state index >= 15 is 0 Å². The normalized spacial score (nSPS) is 20.0. The first-order chi connectivity index (χ1) is 16.4. The van der Waals surface area contributed by atoms with E-state index < -0.39 is 18.9 Å². The Morgan fingerprint density at radius 1 is 1.17 bits per heavy atom. The van der Waals surface area contributed by atoms with E-state index in [-0.39, 0.29) is 17.2 Å². The summed E-state index contributed by atoms with van der Waals surface area (Å²) in [5.41, 5.74) is 2.74. The van der Waals surface area contributed by atoms with Crippen molar-refractivity contribution in [2.45, 2.75) is 52.4 Å². The van der Waals surface area contributed by atoms with Crippen molar-refractivity contribution in [3.8, 4) is 5.75 Å². The van der Waals surface area contributed by atoms with Gasteiger partial charge in [0.2, 0.25) is 11.9 Å². The average Bonchev–Trinajstić information content (AvgIpc) is 3.09. The lowest BCUT2D eigenvalue weighted by atomic mass is 9.70. The van der Waals surface area contributed by atoms with E-state index in [2.05, 4.69) is 40.7 Å². The smallest absolute Gasteiger partial charge is 0.406 e. The maximum absolute atomic E-state index is 12.5. The van der Waals surface area contributed by atoms with Gasteiger partial charge in [0.05, 0.1) is 11.0 Å². The van der Waals surface area contributed by atoms with E-state index in [1.54, 1.807) is 12.1 Å². The molecule has 1 fully saturated rings. The van der Waals surface area contributed by atoms with Gasteiger partial charge in [-0.25, -0.2) is 4.98 Å². The molecular weight excluding hydrogens is 461 g/mol. The first-order valence-corrected chi connectivity index (χ1v) is 11.5. The number of rotatable bonds is 6. The number of aromatic nitrogens is 2. The van der Waals surface area contributed by atoms with Crippen LogP contribution < -0.4 is 15.4 Å². The van der Waals surface area contributed by atoms with Gasteiger partial charge < -0.3 is 25.0 Å². The van der Waals surface area contributed by atoms with Gasteiger partial charge in [0, 0.05) is 17.4 Å². The predicted molar refractivity (Wildman–Crippen MR) is 128 cm³/mol. The number of ether oxygens (including phenoxy) is 1. The summed E-state index contributed by atoms with van der Waals surface area (Å²) in [5, 5.41) is 14.9. The Balaban J connectivity index is 1.71. The van der Waals surface area contributed by atoms with E-state index in [1.807, 2.05) is 6.07 Å². The molecule has 0 spiro atoms. The topological polar surface area (TPSA) is 88.4 Å². The van der Waals surface area contributed by atoms with Crippen LogP contribution in [0.25, 0.3) is 11.0 Å². The van der Waals surface area contributed by atoms with Gasteiger partial charge in [-0.15, -0.1) is 13.2 Å². The lowest BCUT2D eigenvalue weighted by Gasteiger charge is -2.40. The number of nitrogens with zero attached hydrogens (tertiary/aromatic N) is 2. The molecule has 1 amide bonds. The summed E-state index contributed by atoms with van der Waals surface area (Å²) >= 11 is 0. The lowest BCUT2D eigenvalue weighted by molar-refractivity contribution is -0.274. The largest absolute Gasteiger partial charge is 0.573 e. The molecule has 1 saturated carbocycles. The van der Waals surface area contributed by atoms with Crippen molar-refractivity contribution in [1.82, 2.24) is 9.55 Å². The third kappa shape index (κ3) is 6.05. The molecule has 0 bridgehead atoms. The molecule has 1 aliphatic rings. The van der Waals surface area contributed by atoms with E-state index in [1.165, 1.54) is 24.3 Å². The number of carbonyl (C=O) groups excluding carboxylic acids is 1. The number of benzene rings is 2. The molecule has 1 aliphatic carbocycles. The van der Waals surface area contributed by atoms with Crippen molar-refractivity contribution >= 4 is 34.3 Å². The summed E-state index contributed by atoms with van der Waals surface area (Å²) in [4.78, 5) is 16.4. The molecule has 2 atom stereocenters. The minimum absolute atomic E-state index is 0.141. The number of aliphatic hydroxyl groups excluding tert-OH is 1. The predicted octanol–water partition coefficient (Wildman–Crippen LogP) is 6.00. The maximum Gasteiger partial charge on any atom is 0.573 e. The zero-order valence-corrected chi connectivity index (χ0v) is 19.8. The zero-order valence-electron chi connectivity index (χ0n) is 19.8. The fourth-order valence-corrected chi connectivity index (χ4v) is 5.20. The van der Waals surface area contributed by atoms with Crippen LogP contribution in [0.4, 0.5) is 30.5 Å². The van der Waals surface area contributed by atoms with Gasteiger partial charge in [0.25, 0.3) is 0 Å². The molecule has 3 aromatic rings. The van der Waals surface area contributed by atoms with Crippen molar-refractivity contribution in [3.05, 3.63) is 42.5 Å². The summed E-state index contributed by atoms with van der Waals surface area (Å²) in [6.07, 6.45) is -1.72. The Morgan fingerprint density at radius 2 is 1.86 bits per heavy atom. The molecule has 10 heteroatoms. The number of hydrogen-bond acceptors (Lipinski definition) is 5. The van der Waals surface area contributed by atoms with Gasteiger partial charge in [-0.1, -0.05) is 20.8 Å². The molecule has 35 heavy (non-hydrogen) atoms. The van der Waals surface area contributed by atoms with Crippen molar-refractivity contribution < 1.29 is 27.8 Å². The number of halogens is 3. The number of imidazole rings is 1. The summed E-state index contributed by atoms with van der Waals surface area (Å²) in [7, 11) is 0. The van der Waals surface area contributed by atoms with Gasteiger partial charge in [-0.05, 0) is 73.1 Å². The number of amides is 1. The lowest BCUT2D eigenvalue weighted by Crippen LogP contribution is -2.29. The summed E-state index contributed by atoms with van der Waals surface area (Å²) in [6, 6.07) is 11.0. The molecule has 7 nitrogen and oxygen atoms in total. The van der Waals surface area contributed by atoms with E-state index in [0.29, 0.717) is 28.8 Å². The summed E-state index contributed by atoms with van der Waals surface area (Å²) in [5.74, 6) is 0.246. The number of aliphatic hydroxyl groups is 1. The Hall–Kier alpha value is -3.27. The van der Waals surface area contributed by atoms with E-state index in [4.69, 9.17) is 10.1 Å². The number of carbonyl (C=O) groups is 1. The molecule has 188 valence electrons. The minimum Gasteiger partial charge on any atom is -0.406 e. The quantitative estimate of drug-likeness (QED) is 0.395. The van der Waals surface area contributed by atoms with Gasteiger partial charge in [0.15, 0.2) is 0 Å². The molecule has 1 aromatic heterocycles. The van der Waals surface area contributed by atoms with Crippen LogP contribution in [0.5, 0.6) is 5.75 Å². The van der Waals surface area contributed by atoms with Crippen LogP contribution in [0, 0.1) is 11.3 Å². The monoisotopic (exact) mass is 490 g/mol. The van der Waals surface area contributed by atoms with Crippen LogP contribution in [0.3, 0.4) is 0 Å². The summed E-state index contributed by atoms with van der Waals surface area (Å²) < 4.78 is 43.6. The van der Waals surface area contributed by atoms with Gasteiger partial charge in [-0.2, -0.15) is 0 Å². The number of nitrogens with one attached hydrogen (secondary N) is 2. The second kappa shape index (κ2) is 9.41. The van der Waals surface area contributed by atoms with Crippen molar-refractivity contribution in [1.29, 1.82) is 0 Å². The zero-order chi connectivity index (χ0) is 25.4. The van der Waals surface area contributed by atoms with Crippen LogP contribution >= 0.6 is 0 Å². The maximum atomic E-state index is 12.5. The van der Waals surface area contributed by atoms with E-state index in [9.17, 15) is 18.0 Å². The molecule has 3 N–H and O–H groups in total. The third-order valence-corrected chi connectivity index (χ3v) is 6.19. The Bertz CT molecular complexity index is 1210. The first-order valence-electron chi connectivity index (χ1n) is 11.5. The molecule has 0 unspecified atom stereocenters. The van der Waals surface area contributed by atoms with Crippen molar-refractivity contribution in [3.63, 3.8) is 0 Å². The third-order valence-electron chi connectivity index (χ3n) is 6.19. The Morgan fingerprint density at radius 3 is 2.49 bits per heavy atom. The van der Waals surface area contributed by atoms with Gasteiger partial charge >= 0.3 is 6.36 Å². The number of anilines is 3. The van der Waals surface area contributed by atoms with Crippen LogP contribution in [-0.4, -0.2) is 33.5 Å². The molecule has 0 radical (unpaired) electrons.